The molecule has 2 aliphatic heterocycles. The molecule has 0 N–H and O–H groups in total. The number of aromatic nitrogens is 2. The second-order valence-electron chi connectivity index (χ2n) is 5.93. The number of ketones is 1. The van der Waals surface area contributed by atoms with Crippen molar-refractivity contribution in [1.82, 2.24) is 9.97 Å². The molecule has 4 rings (SSSR count). The lowest BCUT2D eigenvalue weighted by atomic mass is 9.88. The lowest BCUT2D eigenvalue weighted by Crippen LogP contribution is -2.18. The molecule has 19 heavy (non-hydrogen) atoms. The molecule has 2 fully saturated rings. The van der Waals surface area contributed by atoms with Gasteiger partial charge in [-0.3, -0.25) is 4.79 Å². The van der Waals surface area contributed by atoms with E-state index in [4.69, 9.17) is 9.72 Å². The van der Waals surface area contributed by atoms with Crippen molar-refractivity contribution < 1.29 is 9.53 Å². The highest BCUT2D eigenvalue weighted by Gasteiger charge is 2.43. The first kappa shape index (κ1) is 11.5. The third-order valence-electron chi connectivity index (χ3n) is 4.69. The van der Waals surface area contributed by atoms with Crippen LogP contribution in [0.2, 0.25) is 0 Å². The smallest absolute Gasteiger partial charge is 0.166 e. The Hall–Kier alpha value is -1.29. The first-order valence-electron chi connectivity index (χ1n) is 7.36. The topological polar surface area (TPSA) is 52.1 Å². The molecule has 2 bridgehead atoms. The molecule has 4 heteroatoms. The molecule has 4 nitrogen and oxygen atoms in total. The van der Waals surface area contributed by atoms with Crippen LogP contribution in [0.25, 0.3) is 0 Å². The maximum Gasteiger partial charge on any atom is 0.166 e. The first-order valence-corrected chi connectivity index (χ1v) is 7.36. The van der Waals surface area contributed by atoms with Gasteiger partial charge in [-0.25, -0.2) is 9.97 Å². The van der Waals surface area contributed by atoms with Crippen LogP contribution >= 0.6 is 0 Å². The van der Waals surface area contributed by atoms with E-state index in [1.807, 2.05) is 0 Å². The Bertz CT molecular complexity index is 529. The predicted molar refractivity (Wildman–Crippen MR) is 69.2 cm³/mol. The molecule has 1 aromatic heterocycles. The summed E-state index contributed by atoms with van der Waals surface area (Å²) in [4.78, 5) is 21.1. The number of carbonyl (C=O) groups is 1. The van der Waals surface area contributed by atoms with Gasteiger partial charge in [-0.2, -0.15) is 0 Å². The van der Waals surface area contributed by atoms with E-state index in [2.05, 4.69) is 4.98 Å². The molecular weight excluding hydrogens is 240 g/mol. The van der Waals surface area contributed by atoms with Crippen LogP contribution in [0.15, 0.2) is 6.20 Å². The standard InChI is InChI=1S/C15H18N2O2/c18-13-4-2-1-3-12-11(13)8-16-15(17-12)10-7-9-5-6-14(10)19-9/h8-10,14H,1-7H2. The van der Waals surface area contributed by atoms with Crippen LogP contribution in [-0.4, -0.2) is 28.0 Å². The normalized spacial score (nSPS) is 33.3. The van der Waals surface area contributed by atoms with Crippen molar-refractivity contribution in [3.8, 4) is 0 Å². The highest BCUT2D eigenvalue weighted by atomic mass is 16.5. The van der Waals surface area contributed by atoms with Gasteiger partial charge in [-0.15, -0.1) is 0 Å². The number of rotatable bonds is 1. The molecule has 1 aliphatic carbocycles. The fraction of sp³-hybridized carbons (Fsp3) is 0.667. The van der Waals surface area contributed by atoms with Gasteiger partial charge in [-0.05, 0) is 38.5 Å². The third kappa shape index (κ3) is 1.89. The van der Waals surface area contributed by atoms with Gasteiger partial charge in [0.1, 0.15) is 5.82 Å². The van der Waals surface area contributed by atoms with Crippen molar-refractivity contribution in [2.45, 2.75) is 63.1 Å². The van der Waals surface area contributed by atoms with Gasteiger partial charge in [-0.1, -0.05) is 0 Å². The zero-order valence-corrected chi connectivity index (χ0v) is 11.0. The summed E-state index contributed by atoms with van der Waals surface area (Å²) in [6.45, 7) is 0. The summed E-state index contributed by atoms with van der Waals surface area (Å²) in [5, 5.41) is 0. The Morgan fingerprint density at radius 1 is 1.21 bits per heavy atom. The molecule has 3 heterocycles. The Labute approximate surface area is 112 Å². The largest absolute Gasteiger partial charge is 0.374 e. The zero-order valence-electron chi connectivity index (χ0n) is 11.0. The van der Waals surface area contributed by atoms with Gasteiger partial charge < -0.3 is 4.74 Å². The summed E-state index contributed by atoms with van der Waals surface area (Å²) < 4.78 is 5.88. The average Bonchev–Trinajstić information content (AvgIpc) is 3.01. The van der Waals surface area contributed by atoms with E-state index in [1.165, 1.54) is 6.42 Å². The van der Waals surface area contributed by atoms with Crippen molar-refractivity contribution in [1.29, 1.82) is 0 Å². The van der Waals surface area contributed by atoms with Gasteiger partial charge in [0.15, 0.2) is 5.78 Å². The minimum atomic E-state index is 0.211. The minimum absolute atomic E-state index is 0.211. The van der Waals surface area contributed by atoms with Crippen LogP contribution in [-0.2, 0) is 11.2 Å². The van der Waals surface area contributed by atoms with Crippen molar-refractivity contribution in [3.63, 3.8) is 0 Å². The van der Waals surface area contributed by atoms with E-state index in [9.17, 15) is 4.79 Å². The molecule has 2 saturated heterocycles. The first-order chi connectivity index (χ1) is 9.31. The fourth-order valence-corrected chi connectivity index (χ4v) is 3.66. The van der Waals surface area contributed by atoms with Gasteiger partial charge in [0.05, 0.1) is 23.5 Å². The molecule has 3 unspecified atom stereocenters. The summed E-state index contributed by atoms with van der Waals surface area (Å²) in [5.41, 5.74) is 1.72. The van der Waals surface area contributed by atoms with Crippen molar-refractivity contribution in [2.24, 2.45) is 0 Å². The van der Waals surface area contributed by atoms with E-state index < -0.39 is 0 Å². The highest BCUT2D eigenvalue weighted by Crippen LogP contribution is 2.43. The summed E-state index contributed by atoms with van der Waals surface area (Å²) in [6.07, 6.45) is 9.45. The van der Waals surface area contributed by atoms with Crippen LogP contribution in [0, 0.1) is 0 Å². The van der Waals surface area contributed by atoms with Crippen LogP contribution in [0.3, 0.4) is 0 Å². The lowest BCUT2D eigenvalue weighted by molar-refractivity contribution is 0.0981. The summed E-state index contributed by atoms with van der Waals surface area (Å²) in [7, 11) is 0. The lowest BCUT2D eigenvalue weighted by Gasteiger charge is -2.18. The molecule has 1 aromatic rings. The van der Waals surface area contributed by atoms with Crippen LogP contribution in [0.4, 0.5) is 0 Å². The Morgan fingerprint density at radius 3 is 2.89 bits per heavy atom. The predicted octanol–water partition coefficient (Wildman–Crippen LogP) is 2.42. The van der Waals surface area contributed by atoms with Crippen LogP contribution in [0.1, 0.15) is 66.3 Å². The molecule has 3 atom stereocenters. The second-order valence-corrected chi connectivity index (χ2v) is 5.93. The van der Waals surface area contributed by atoms with E-state index in [0.717, 1.165) is 49.2 Å². The number of hydrogen-bond donors (Lipinski definition) is 0. The second kappa shape index (κ2) is 4.37. The summed E-state index contributed by atoms with van der Waals surface area (Å²) >= 11 is 0. The summed E-state index contributed by atoms with van der Waals surface area (Å²) in [5.74, 6) is 1.46. The quantitative estimate of drug-likeness (QED) is 0.726. The number of hydrogen-bond acceptors (Lipinski definition) is 4. The van der Waals surface area contributed by atoms with E-state index in [0.29, 0.717) is 24.5 Å². The van der Waals surface area contributed by atoms with Crippen LogP contribution in [0.5, 0.6) is 0 Å². The number of fused-ring (bicyclic) bond motifs is 3. The number of carbonyl (C=O) groups excluding carboxylic acids is 1. The molecular formula is C15H18N2O2. The maximum absolute atomic E-state index is 12.0. The van der Waals surface area contributed by atoms with E-state index >= 15 is 0 Å². The zero-order chi connectivity index (χ0) is 12.8. The molecule has 0 radical (unpaired) electrons. The average molecular weight is 258 g/mol. The number of ether oxygens (including phenoxy) is 1. The molecule has 0 aromatic carbocycles. The van der Waals surface area contributed by atoms with E-state index in [-0.39, 0.29) is 5.78 Å². The van der Waals surface area contributed by atoms with Gasteiger partial charge >= 0.3 is 0 Å². The van der Waals surface area contributed by atoms with Crippen LogP contribution < -0.4 is 0 Å². The number of aryl methyl sites for hydroxylation is 1. The molecule has 3 aliphatic rings. The Morgan fingerprint density at radius 2 is 2.11 bits per heavy atom. The number of Topliss-reactive ketones (excluding diaryl/α,β-unsaturated/α-hetero) is 1. The number of nitrogens with zero attached hydrogens (tertiary/aromatic N) is 2. The monoisotopic (exact) mass is 258 g/mol. The summed E-state index contributed by atoms with van der Waals surface area (Å²) in [6, 6.07) is 0. The SMILES string of the molecule is O=C1CCCCc2nc(C3CC4CCC3O4)ncc21. The molecule has 0 amide bonds. The van der Waals surface area contributed by atoms with Crippen molar-refractivity contribution in [2.75, 3.05) is 0 Å². The van der Waals surface area contributed by atoms with Gasteiger partial charge in [0.2, 0.25) is 0 Å². The van der Waals surface area contributed by atoms with Crippen molar-refractivity contribution in [3.05, 3.63) is 23.3 Å². The van der Waals surface area contributed by atoms with Gasteiger partial charge in [0, 0.05) is 18.5 Å². The molecule has 0 saturated carbocycles. The third-order valence-corrected chi connectivity index (χ3v) is 4.69. The van der Waals surface area contributed by atoms with Gasteiger partial charge in [0.25, 0.3) is 0 Å². The highest BCUT2D eigenvalue weighted by molar-refractivity contribution is 5.97. The minimum Gasteiger partial charge on any atom is -0.374 e. The molecule has 100 valence electrons. The molecule has 0 spiro atoms. The Balaban J connectivity index is 1.68. The van der Waals surface area contributed by atoms with E-state index in [1.54, 1.807) is 6.20 Å². The fourth-order valence-electron chi connectivity index (χ4n) is 3.66. The Kier molecular flexibility index (Phi) is 2.65. The maximum atomic E-state index is 12.0. The van der Waals surface area contributed by atoms with Crippen molar-refractivity contribution >= 4 is 5.78 Å².